The standard InChI is InChI=1S/C11H15N3S/c1-9-10(7-13-4-2-3-5-13)15-11-6-12-8-14(9)11/h6,8H,2-5,7H2,1H3. The maximum Gasteiger partial charge on any atom is 0.119 e. The van der Waals surface area contributed by atoms with Crippen LogP contribution in [0.3, 0.4) is 0 Å². The molecule has 0 unspecified atom stereocenters. The normalized spacial score (nSPS) is 17.9. The molecule has 15 heavy (non-hydrogen) atoms. The molecule has 3 nitrogen and oxygen atoms in total. The minimum absolute atomic E-state index is 1.12. The van der Waals surface area contributed by atoms with Crippen molar-refractivity contribution in [1.82, 2.24) is 14.3 Å². The molecule has 2 aromatic rings. The van der Waals surface area contributed by atoms with Crippen molar-refractivity contribution in [2.45, 2.75) is 26.3 Å². The van der Waals surface area contributed by atoms with Crippen LogP contribution in [0.15, 0.2) is 12.5 Å². The number of aryl methyl sites for hydroxylation is 1. The van der Waals surface area contributed by atoms with Crippen molar-refractivity contribution in [2.75, 3.05) is 13.1 Å². The van der Waals surface area contributed by atoms with E-state index in [9.17, 15) is 0 Å². The van der Waals surface area contributed by atoms with Crippen molar-refractivity contribution in [2.24, 2.45) is 0 Å². The van der Waals surface area contributed by atoms with Crippen LogP contribution in [0.1, 0.15) is 23.4 Å². The Morgan fingerprint density at radius 2 is 2.20 bits per heavy atom. The van der Waals surface area contributed by atoms with Crippen LogP contribution in [0.4, 0.5) is 0 Å². The van der Waals surface area contributed by atoms with E-state index in [0.29, 0.717) is 0 Å². The number of rotatable bonds is 2. The first-order valence-corrected chi connectivity index (χ1v) is 6.29. The van der Waals surface area contributed by atoms with Crippen molar-refractivity contribution in [3.8, 4) is 0 Å². The summed E-state index contributed by atoms with van der Waals surface area (Å²) in [6.07, 6.45) is 6.59. The number of imidazole rings is 1. The smallest absolute Gasteiger partial charge is 0.119 e. The van der Waals surface area contributed by atoms with Crippen LogP contribution in [0, 0.1) is 6.92 Å². The van der Waals surface area contributed by atoms with Gasteiger partial charge in [0.1, 0.15) is 11.2 Å². The molecule has 0 atom stereocenters. The molecule has 0 bridgehead atoms. The molecular weight excluding hydrogens is 206 g/mol. The van der Waals surface area contributed by atoms with Crippen LogP contribution in [0.5, 0.6) is 0 Å². The SMILES string of the molecule is Cc1c(CN2CCCC2)sc2cncn12. The van der Waals surface area contributed by atoms with Gasteiger partial charge in [0.05, 0.1) is 6.20 Å². The Balaban J connectivity index is 1.89. The van der Waals surface area contributed by atoms with E-state index in [4.69, 9.17) is 0 Å². The van der Waals surface area contributed by atoms with E-state index >= 15 is 0 Å². The van der Waals surface area contributed by atoms with E-state index in [1.165, 1.54) is 41.3 Å². The van der Waals surface area contributed by atoms with Crippen LogP contribution < -0.4 is 0 Å². The molecule has 0 radical (unpaired) electrons. The molecule has 1 aliphatic rings. The van der Waals surface area contributed by atoms with Gasteiger partial charge in [0.15, 0.2) is 0 Å². The Morgan fingerprint density at radius 1 is 1.40 bits per heavy atom. The van der Waals surface area contributed by atoms with Crippen molar-refractivity contribution in [1.29, 1.82) is 0 Å². The van der Waals surface area contributed by atoms with Gasteiger partial charge in [-0.2, -0.15) is 0 Å². The van der Waals surface area contributed by atoms with Crippen molar-refractivity contribution >= 4 is 16.2 Å². The van der Waals surface area contributed by atoms with E-state index in [1.54, 1.807) is 0 Å². The predicted octanol–water partition coefficient (Wildman–Crippen LogP) is 2.30. The first-order valence-electron chi connectivity index (χ1n) is 5.47. The number of hydrogen-bond acceptors (Lipinski definition) is 3. The van der Waals surface area contributed by atoms with Gasteiger partial charge in [-0.25, -0.2) is 4.98 Å². The van der Waals surface area contributed by atoms with Crippen molar-refractivity contribution < 1.29 is 0 Å². The van der Waals surface area contributed by atoms with Gasteiger partial charge in [0, 0.05) is 17.1 Å². The molecule has 0 saturated carbocycles. The fourth-order valence-corrected chi connectivity index (χ4v) is 3.38. The van der Waals surface area contributed by atoms with Gasteiger partial charge in [-0.3, -0.25) is 9.30 Å². The van der Waals surface area contributed by atoms with Crippen LogP contribution >= 0.6 is 11.3 Å². The molecule has 4 heteroatoms. The van der Waals surface area contributed by atoms with Crippen molar-refractivity contribution in [3.05, 3.63) is 23.1 Å². The zero-order valence-electron chi connectivity index (χ0n) is 8.94. The fraction of sp³-hybridized carbons (Fsp3) is 0.545. The summed E-state index contributed by atoms with van der Waals surface area (Å²) in [5, 5.41) is 0. The Kier molecular flexibility index (Phi) is 2.25. The van der Waals surface area contributed by atoms with E-state index < -0.39 is 0 Å². The summed E-state index contributed by atoms with van der Waals surface area (Å²) in [6, 6.07) is 0. The lowest BCUT2D eigenvalue weighted by atomic mass is 10.3. The van der Waals surface area contributed by atoms with E-state index in [2.05, 4.69) is 21.2 Å². The highest BCUT2D eigenvalue weighted by atomic mass is 32.1. The molecule has 1 aliphatic heterocycles. The number of fused-ring (bicyclic) bond motifs is 1. The summed E-state index contributed by atoms with van der Waals surface area (Å²) < 4.78 is 2.19. The number of hydrogen-bond donors (Lipinski definition) is 0. The second-order valence-electron chi connectivity index (χ2n) is 4.20. The molecule has 0 N–H and O–H groups in total. The van der Waals surface area contributed by atoms with E-state index in [-0.39, 0.29) is 0 Å². The summed E-state index contributed by atoms with van der Waals surface area (Å²) in [5.41, 5.74) is 1.36. The molecule has 2 aromatic heterocycles. The number of nitrogens with zero attached hydrogens (tertiary/aromatic N) is 3. The van der Waals surface area contributed by atoms with Crippen molar-refractivity contribution in [3.63, 3.8) is 0 Å². The molecule has 80 valence electrons. The van der Waals surface area contributed by atoms with E-state index in [1.807, 2.05) is 23.9 Å². The lowest BCUT2D eigenvalue weighted by Gasteiger charge is -2.13. The molecular formula is C11H15N3S. The van der Waals surface area contributed by atoms with Crippen LogP contribution in [0.25, 0.3) is 4.83 Å². The van der Waals surface area contributed by atoms with Gasteiger partial charge in [-0.15, -0.1) is 11.3 Å². The topological polar surface area (TPSA) is 20.5 Å². The maximum atomic E-state index is 4.15. The summed E-state index contributed by atoms with van der Waals surface area (Å²) in [6.45, 7) is 5.85. The third kappa shape index (κ3) is 1.58. The first-order chi connectivity index (χ1) is 7.34. The highest BCUT2D eigenvalue weighted by Gasteiger charge is 2.15. The summed E-state index contributed by atoms with van der Waals surface area (Å²) in [7, 11) is 0. The Labute approximate surface area is 93.4 Å². The maximum absolute atomic E-state index is 4.15. The third-order valence-corrected chi connectivity index (χ3v) is 4.35. The first kappa shape index (κ1) is 9.36. The lowest BCUT2D eigenvalue weighted by molar-refractivity contribution is 0.333. The van der Waals surface area contributed by atoms with Gasteiger partial charge in [-0.1, -0.05) is 0 Å². The molecule has 3 rings (SSSR count). The minimum Gasteiger partial charge on any atom is -0.298 e. The summed E-state index contributed by atoms with van der Waals surface area (Å²) >= 11 is 1.88. The molecule has 1 saturated heterocycles. The number of thiazole rings is 1. The molecule has 0 aromatic carbocycles. The van der Waals surface area contributed by atoms with Gasteiger partial charge in [0.25, 0.3) is 0 Å². The quantitative estimate of drug-likeness (QED) is 0.775. The average molecular weight is 221 g/mol. The Morgan fingerprint density at radius 3 is 2.93 bits per heavy atom. The summed E-state index contributed by atoms with van der Waals surface area (Å²) in [5.74, 6) is 0. The zero-order chi connectivity index (χ0) is 10.3. The van der Waals surface area contributed by atoms with Crippen LogP contribution in [-0.4, -0.2) is 27.4 Å². The molecule has 0 amide bonds. The summed E-state index contributed by atoms with van der Waals surface area (Å²) in [4.78, 5) is 9.46. The fourth-order valence-electron chi connectivity index (χ4n) is 2.24. The van der Waals surface area contributed by atoms with Crippen LogP contribution in [-0.2, 0) is 6.54 Å². The third-order valence-electron chi connectivity index (χ3n) is 3.16. The monoisotopic (exact) mass is 221 g/mol. The molecule has 0 aliphatic carbocycles. The second-order valence-corrected chi connectivity index (χ2v) is 5.31. The number of likely N-dealkylation sites (tertiary alicyclic amines) is 1. The van der Waals surface area contributed by atoms with Gasteiger partial charge in [0.2, 0.25) is 0 Å². The Bertz CT molecular complexity index is 465. The highest BCUT2D eigenvalue weighted by molar-refractivity contribution is 7.17. The largest absolute Gasteiger partial charge is 0.298 e. The lowest BCUT2D eigenvalue weighted by Crippen LogP contribution is -2.18. The van der Waals surface area contributed by atoms with Crippen LogP contribution in [0.2, 0.25) is 0 Å². The predicted molar refractivity (Wildman–Crippen MR) is 62.3 cm³/mol. The average Bonchev–Trinajstić information content (AvgIpc) is 2.89. The molecule has 0 spiro atoms. The van der Waals surface area contributed by atoms with Gasteiger partial charge in [-0.05, 0) is 32.9 Å². The molecule has 1 fully saturated rings. The second kappa shape index (κ2) is 3.61. The minimum atomic E-state index is 1.12. The molecule has 3 heterocycles. The van der Waals surface area contributed by atoms with E-state index in [0.717, 1.165) is 6.54 Å². The van der Waals surface area contributed by atoms with Gasteiger partial charge < -0.3 is 0 Å². The highest BCUT2D eigenvalue weighted by Crippen LogP contribution is 2.25. The zero-order valence-corrected chi connectivity index (χ0v) is 9.76. The Hall–Kier alpha value is -0.870. The van der Waals surface area contributed by atoms with Gasteiger partial charge >= 0.3 is 0 Å². The number of aromatic nitrogens is 2.